The van der Waals surface area contributed by atoms with E-state index in [0.29, 0.717) is 17.5 Å². The second-order valence-electron chi connectivity index (χ2n) is 11.4. The van der Waals surface area contributed by atoms with Gasteiger partial charge in [0, 0.05) is 38.2 Å². The van der Waals surface area contributed by atoms with Crippen LogP contribution in [0.3, 0.4) is 0 Å². The van der Waals surface area contributed by atoms with E-state index in [-0.39, 0.29) is 0 Å². The van der Waals surface area contributed by atoms with Crippen LogP contribution in [-0.4, -0.2) is 19.9 Å². The summed E-state index contributed by atoms with van der Waals surface area (Å²) in [6.07, 6.45) is 0. The SMILES string of the molecule is c1ccc(-c2nc(-c3cccc4c3oc3ccccc34)nc(-c3cccc4oc5cccc(-c6nc7ccccc7s6)c5c34)n2)cc1. The number of hydrogen-bond acceptors (Lipinski definition) is 7. The molecule has 0 spiro atoms. The summed E-state index contributed by atoms with van der Waals surface area (Å²) in [5.41, 5.74) is 7.66. The van der Waals surface area contributed by atoms with Gasteiger partial charge in [-0.3, -0.25) is 0 Å². The normalized spacial score (nSPS) is 11.8. The van der Waals surface area contributed by atoms with Gasteiger partial charge in [0.05, 0.1) is 15.8 Å². The summed E-state index contributed by atoms with van der Waals surface area (Å²) in [4.78, 5) is 20.3. The molecule has 0 aliphatic heterocycles. The Labute approximate surface area is 271 Å². The smallest absolute Gasteiger partial charge is 0.167 e. The van der Waals surface area contributed by atoms with E-state index in [2.05, 4.69) is 30.3 Å². The highest BCUT2D eigenvalue weighted by Crippen LogP contribution is 2.43. The molecule has 0 saturated carbocycles. The Morgan fingerprint density at radius 2 is 1.04 bits per heavy atom. The van der Waals surface area contributed by atoms with Crippen LogP contribution in [0.1, 0.15) is 0 Å². The molecule has 0 radical (unpaired) electrons. The minimum atomic E-state index is 0.537. The molecule has 0 fully saturated rings. The average Bonchev–Trinajstić information content (AvgIpc) is 3.85. The van der Waals surface area contributed by atoms with Crippen molar-refractivity contribution < 1.29 is 8.83 Å². The highest BCUT2D eigenvalue weighted by molar-refractivity contribution is 7.21. The maximum atomic E-state index is 6.46. The summed E-state index contributed by atoms with van der Waals surface area (Å²) in [6.45, 7) is 0. The third-order valence-corrected chi connectivity index (χ3v) is 9.67. The predicted molar refractivity (Wildman–Crippen MR) is 189 cm³/mol. The number of aromatic nitrogens is 4. The molecule has 6 nitrogen and oxygen atoms in total. The molecule has 10 aromatic rings. The minimum absolute atomic E-state index is 0.537. The van der Waals surface area contributed by atoms with Gasteiger partial charge in [-0.2, -0.15) is 0 Å². The van der Waals surface area contributed by atoms with Crippen LogP contribution in [0.2, 0.25) is 0 Å². The van der Waals surface area contributed by atoms with Crippen molar-refractivity contribution in [2.45, 2.75) is 0 Å². The first-order valence-electron chi connectivity index (χ1n) is 15.3. The third-order valence-electron chi connectivity index (χ3n) is 8.60. The van der Waals surface area contributed by atoms with Crippen LogP contribution >= 0.6 is 11.3 Å². The monoisotopic (exact) mass is 622 g/mol. The molecule has 0 unspecified atom stereocenters. The lowest BCUT2D eigenvalue weighted by molar-refractivity contribution is 0.668. The largest absolute Gasteiger partial charge is 0.456 e. The van der Waals surface area contributed by atoms with Gasteiger partial charge >= 0.3 is 0 Å². The zero-order chi connectivity index (χ0) is 30.9. The molecule has 0 N–H and O–H groups in total. The van der Waals surface area contributed by atoms with Gasteiger partial charge in [0.15, 0.2) is 17.5 Å². The summed E-state index contributed by atoms with van der Waals surface area (Å²) >= 11 is 1.68. The fourth-order valence-corrected chi connectivity index (χ4v) is 7.47. The molecule has 6 aromatic carbocycles. The molecule has 7 heteroatoms. The van der Waals surface area contributed by atoms with Gasteiger partial charge in [0.1, 0.15) is 27.3 Å². The first kappa shape index (κ1) is 26.1. The molecule has 0 atom stereocenters. The number of thiazole rings is 1. The Bertz CT molecular complexity index is 2780. The summed E-state index contributed by atoms with van der Waals surface area (Å²) in [5.74, 6) is 1.67. The fourth-order valence-electron chi connectivity index (χ4n) is 6.47. The van der Waals surface area contributed by atoms with Gasteiger partial charge in [-0.15, -0.1) is 11.3 Å². The second kappa shape index (κ2) is 10.2. The Morgan fingerprint density at radius 1 is 0.426 bits per heavy atom. The van der Waals surface area contributed by atoms with E-state index in [1.807, 2.05) is 103 Å². The van der Waals surface area contributed by atoms with E-state index in [4.69, 9.17) is 28.8 Å². The van der Waals surface area contributed by atoms with E-state index in [1.165, 1.54) is 0 Å². The second-order valence-corrected chi connectivity index (χ2v) is 12.4. The van der Waals surface area contributed by atoms with E-state index in [9.17, 15) is 0 Å². The molecule has 0 aliphatic rings. The molecule has 0 amide bonds. The molecule has 220 valence electrons. The lowest BCUT2D eigenvalue weighted by Crippen LogP contribution is -2.00. The lowest BCUT2D eigenvalue weighted by Gasteiger charge is -2.10. The standard InChI is InChI=1S/C40H22N4O2S/c1-2-11-23(12-3-1)37-42-38(44-39(43-37)28-17-8-14-25-24-13-4-6-19-30(24)46-36(25)28)26-15-9-20-31-34(26)35-27(16-10-21-32(35)45-31)40-41-29-18-5-7-22-33(29)47-40/h1-22H. The summed E-state index contributed by atoms with van der Waals surface area (Å²) in [7, 11) is 0. The third kappa shape index (κ3) is 4.10. The van der Waals surface area contributed by atoms with E-state index < -0.39 is 0 Å². The molecule has 47 heavy (non-hydrogen) atoms. The van der Waals surface area contributed by atoms with Crippen molar-refractivity contribution in [1.29, 1.82) is 0 Å². The van der Waals surface area contributed by atoms with Crippen LogP contribution < -0.4 is 0 Å². The van der Waals surface area contributed by atoms with Crippen molar-refractivity contribution in [3.63, 3.8) is 0 Å². The number of furan rings is 2. The Kier molecular flexibility index (Phi) is 5.64. The van der Waals surface area contributed by atoms with Crippen molar-refractivity contribution in [3.8, 4) is 44.7 Å². The predicted octanol–water partition coefficient (Wildman–Crippen LogP) is 10.9. The molecule has 0 bridgehead atoms. The van der Waals surface area contributed by atoms with Gasteiger partial charge in [0.2, 0.25) is 0 Å². The van der Waals surface area contributed by atoms with Crippen molar-refractivity contribution in [1.82, 2.24) is 19.9 Å². The number of nitrogens with zero attached hydrogens (tertiary/aromatic N) is 4. The van der Waals surface area contributed by atoms with Gasteiger partial charge in [0.25, 0.3) is 0 Å². The Morgan fingerprint density at radius 3 is 1.89 bits per heavy atom. The van der Waals surface area contributed by atoms with Crippen molar-refractivity contribution in [3.05, 3.63) is 133 Å². The lowest BCUT2D eigenvalue weighted by atomic mass is 10.0. The van der Waals surface area contributed by atoms with Gasteiger partial charge in [-0.05, 0) is 36.4 Å². The highest BCUT2D eigenvalue weighted by atomic mass is 32.1. The van der Waals surface area contributed by atoms with Crippen molar-refractivity contribution in [2.24, 2.45) is 0 Å². The van der Waals surface area contributed by atoms with Crippen LogP contribution in [0.25, 0.3) is 98.8 Å². The molecule has 0 aliphatic carbocycles. The topological polar surface area (TPSA) is 77.8 Å². The number of benzene rings is 6. The fraction of sp³-hybridized carbons (Fsp3) is 0. The number of hydrogen-bond donors (Lipinski definition) is 0. The van der Waals surface area contributed by atoms with Crippen LogP contribution in [0.15, 0.2) is 142 Å². The highest BCUT2D eigenvalue weighted by Gasteiger charge is 2.22. The molecule has 10 rings (SSSR count). The van der Waals surface area contributed by atoms with Crippen LogP contribution in [0.5, 0.6) is 0 Å². The Balaban J connectivity index is 1.26. The van der Waals surface area contributed by atoms with Crippen LogP contribution in [0.4, 0.5) is 0 Å². The average molecular weight is 623 g/mol. The van der Waals surface area contributed by atoms with Crippen LogP contribution in [-0.2, 0) is 0 Å². The maximum absolute atomic E-state index is 6.46. The van der Waals surface area contributed by atoms with Gasteiger partial charge in [-0.1, -0.05) is 97.1 Å². The Hall–Kier alpha value is -6.18. The number of para-hydroxylation sites is 3. The summed E-state index contributed by atoms with van der Waals surface area (Å²) < 4.78 is 14.0. The van der Waals surface area contributed by atoms with Crippen LogP contribution in [0, 0.1) is 0 Å². The summed E-state index contributed by atoms with van der Waals surface area (Å²) in [5, 5.41) is 4.94. The van der Waals surface area contributed by atoms with Crippen molar-refractivity contribution in [2.75, 3.05) is 0 Å². The molecule has 0 saturated heterocycles. The zero-order valence-electron chi connectivity index (χ0n) is 24.7. The van der Waals surface area contributed by atoms with Gasteiger partial charge < -0.3 is 8.83 Å². The van der Waals surface area contributed by atoms with E-state index in [0.717, 1.165) is 81.4 Å². The first-order chi connectivity index (χ1) is 23.3. The molecular weight excluding hydrogens is 601 g/mol. The number of fused-ring (bicyclic) bond motifs is 7. The molecular formula is C40H22N4O2S. The molecule has 4 heterocycles. The van der Waals surface area contributed by atoms with E-state index in [1.54, 1.807) is 11.3 Å². The zero-order valence-corrected chi connectivity index (χ0v) is 25.5. The van der Waals surface area contributed by atoms with Crippen molar-refractivity contribution >= 4 is 65.4 Å². The quantitative estimate of drug-likeness (QED) is 0.194. The minimum Gasteiger partial charge on any atom is -0.456 e. The summed E-state index contributed by atoms with van der Waals surface area (Å²) in [6, 6.07) is 44.6. The first-order valence-corrected chi connectivity index (χ1v) is 16.1. The van der Waals surface area contributed by atoms with E-state index >= 15 is 0 Å². The maximum Gasteiger partial charge on any atom is 0.167 e. The number of rotatable bonds is 4. The molecule has 4 aromatic heterocycles. The van der Waals surface area contributed by atoms with Gasteiger partial charge in [-0.25, -0.2) is 19.9 Å².